The average molecular weight is 267 g/mol. The number of halogens is 1. The number of nitrogens with two attached hydrogens (primary N) is 1. The molecule has 1 aliphatic rings. The summed E-state index contributed by atoms with van der Waals surface area (Å²) in [5, 5.41) is 3.40. The van der Waals surface area contributed by atoms with Gasteiger partial charge < -0.3 is 20.7 Å². The van der Waals surface area contributed by atoms with Crippen LogP contribution in [0.4, 0.5) is 15.8 Å². The number of nitrogens with one attached hydrogen (secondary N) is 1. The summed E-state index contributed by atoms with van der Waals surface area (Å²) >= 11 is 0. The van der Waals surface area contributed by atoms with E-state index in [2.05, 4.69) is 17.1 Å². The number of anilines is 2. The minimum Gasteiger partial charge on any atom is -0.494 e. The van der Waals surface area contributed by atoms with Gasteiger partial charge in [0.25, 0.3) is 0 Å². The first-order valence-electron chi connectivity index (χ1n) is 6.76. The first kappa shape index (κ1) is 13.9. The van der Waals surface area contributed by atoms with Crippen molar-refractivity contribution in [2.24, 2.45) is 0 Å². The number of ether oxygens (including phenoxy) is 1. The zero-order valence-electron chi connectivity index (χ0n) is 11.6. The van der Waals surface area contributed by atoms with Gasteiger partial charge in [0.2, 0.25) is 0 Å². The molecule has 1 aromatic rings. The van der Waals surface area contributed by atoms with E-state index in [1.165, 1.54) is 19.6 Å². The van der Waals surface area contributed by atoms with Crippen LogP contribution in [0.15, 0.2) is 12.1 Å². The van der Waals surface area contributed by atoms with Crippen LogP contribution in [0.5, 0.6) is 5.75 Å². The summed E-state index contributed by atoms with van der Waals surface area (Å²) < 4.78 is 18.5. The van der Waals surface area contributed by atoms with Crippen molar-refractivity contribution in [1.29, 1.82) is 0 Å². The molecule has 0 saturated carbocycles. The monoisotopic (exact) mass is 267 g/mol. The molecule has 1 fully saturated rings. The number of piperidine rings is 1. The Hall–Kier alpha value is -1.49. The first-order valence-corrected chi connectivity index (χ1v) is 6.76. The van der Waals surface area contributed by atoms with Crippen molar-refractivity contribution in [1.82, 2.24) is 4.90 Å². The molecule has 1 saturated heterocycles. The highest BCUT2D eigenvalue weighted by atomic mass is 19.1. The molecular weight excluding hydrogens is 245 g/mol. The number of nitrogens with zero attached hydrogens (tertiary/aromatic N) is 1. The topological polar surface area (TPSA) is 50.5 Å². The van der Waals surface area contributed by atoms with Crippen molar-refractivity contribution >= 4 is 11.4 Å². The fourth-order valence-electron chi connectivity index (χ4n) is 2.53. The predicted octanol–water partition coefficient (Wildman–Crippen LogP) is 2.31. The van der Waals surface area contributed by atoms with E-state index in [0.717, 1.165) is 31.7 Å². The zero-order chi connectivity index (χ0) is 13.8. The highest BCUT2D eigenvalue weighted by Gasteiger charge is 2.19. The van der Waals surface area contributed by atoms with Crippen LogP contribution in [-0.4, -0.2) is 37.7 Å². The second-order valence-electron chi connectivity index (χ2n) is 4.95. The van der Waals surface area contributed by atoms with E-state index in [0.29, 0.717) is 11.7 Å². The molecule has 2 rings (SSSR count). The molecule has 1 aliphatic heterocycles. The van der Waals surface area contributed by atoms with Crippen LogP contribution in [0.3, 0.4) is 0 Å². The number of benzene rings is 1. The fraction of sp³-hybridized carbons (Fsp3) is 0.571. The molecular formula is C14H22FN3O. The maximum absolute atomic E-state index is 13.5. The molecule has 1 aromatic carbocycles. The van der Waals surface area contributed by atoms with Crippen molar-refractivity contribution in [3.8, 4) is 5.75 Å². The van der Waals surface area contributed by atoms with Gasteiger partial charge in [-0.1, -0.05) is 6.92 Å². The molecule has 1 heterocycles. The van der Waals surface area contributed by atoms with Gasteiger partial charge in [0.1, 0.15) is 0 Å². The van der Waals surface area contributed by atoms with Gasteiger partial charge in [-0.15, -0.1) is 0 Å². The van der Waals surface area contributed by atoms with Crippen LogP contribution in [-0.2, 0) is 0 Å². The number of hydrogen-bond acceptors (Lipinski definition) is 4. The number of likely N-dealkylation sites (N-methyl/N-ethyl adjacent to an activating group) is 1. The lowest BCUT2D eigenvalue weighted by Crippen LogP contribution is -2.41. The Kier molecular flexibility index (Phi) is 4.47. The Morgan fingerprint density at radius 1 is 1.53 bits per heavy atom. The summed E-state index contributed by atoms with van der Waals surface area (Å²) in [4.78, 5) is 2.40. The second kappa shape index (κ2) is 6.10. The van der Waals surface area contributed by atoms with Gasteiger partial charge in [0.15, 0.2) is 11.6 Å². The quantitative estimate of drug-likeness (QED) is 0.822. The number of nitrogen functional groups attached to an aromatic ring is 1. The summed E-state index contributed by atoms with van der Waals surface area (Å²) in [6, 6.07) is 3.29. The smallest absolute Gasteiger partial charge is 0.167 e. The Balaban J connectivity index is 2.10. The minimum atomic E-state index is -0.427. The lowest BCUT2D eigenvalue weighted by molar-refractivity contribution is 0.227. The maximum Gasteiger partial charge on any atom is 0.167 e. The molecule has 0 spiro atoms. The maximum atomic E-state index is 13.5. The molecule has 1 unspecified atom stereocenters. The van der Waals surface area contributed by atoms with Crippen LogP contribution in [0, 0.1) is 5.82 Å². The molecule has 0 radical (unpaired) electrons. The Morgan fingerprint density at radius 3 is 3.00 bits per heavy atom. The van der Waals surface area contributed by atoms with Crippen molar-refractivity contribution < 1.29 is 9.13 Å². The van der Waals surface area contributed by atoms with Gasteiger partial charge in [0.05, 0.1) is 18.5 Å². The van der Waals surface area contributed by atoms with Crippen molar-refractivity contribution in [2.75, 3.05) is 37.8 Å². The highest BCUT2D eigenvalue weighted by molar-refractivity contribution is 5.69. The lowest BCUT2D eigenvalue weighted by atomic mass is 10.1. The second-order valence-corrected chi connectivity index (χ2v) is 4.95. The van der Waals surface area contributed by atoms with Gasteiger partial charge in [0, 0.05) is 24.7 Å². The van der Waals surface area contributed by atoms with Gasteiger partial charge in [-0.2, -0.15) is 0 Å². The number of hydrogen-bond donors (Lipinski definition) is 2. The van der Waals surface area contributed by atoms with E-state index >= 15 is 0 Å². The van der Waals surface area contributed by atoms with E-state index in [1.807, 2.05) is 0 Å². The van der Waals surface area contributed by atoms with Gasteiger partial charge in [-0.3, -0.25) is 0 Å². The largest absolute Gasteiger partial charge is 0.494 e. The standard InChI is InChI=1S/C14H22FN3O/c1-3-18-6-4-5-10(9-18)17-13-8-14(19-2)11(15)7-12(13)16/h7-8,10,17H,3-6,9,16H2,1-2H3. The third kappa shape index (κ3) is 3.29. The van der Waals surface area contributed by atoms with Crippen LogP contribution in [0.1, 0.15) is 19.8 Å². The molecule has 3 N–H and O–H groups in total. The summed E-state index contributed by atoms with van der Waals surface area (Å²) in [6.07, 6.45) is 2.28. The van der Waals surface area contributed by atoms with E-state index in [9.17, 15) is 4.39 Å². The average Bonchev–Trinajstić information content (AvgIpc) is 2.42. The molecule has 19 heavy (non-hydrogen) atoms. The summed E-state index contributed by atoms with van der Waals surface area (Å²) in [6.45, 7) is 5.37. The molecule has 4 nitrogen and oxygen atoms in total. The summed E-state index contributed by atoms with van der Waals surface area (Å²) in [7, 11) is 1.46. The van der Waals surface area contributed by atoms with E-state index in [4.69, 9.17) is 10.5 Å². The number of likely N-dealkylation sites (tertiary alicyclic amines) is 1. The lowest BCUT2D eigenvalue weighted by Gasteiger charge is -2.33. The predicted molar refractivity (Wildman–Crippen MR) is 76.1 cm³/mol. The molecule has 0 bridgehead atoms. The van der Waals surface area contributed by atoms with Gasteiger partial charge >= 0.3 is 0 Å². The van der Waals surface area contributed by atoms with Gasteiger partial charge in [-0.25, -0.2) is 4.39 Å². The molecule has 106 valence electrons. The highest BCUT2D eigenvalue weighted by Crippen LogP contribution is 2.29. The SMILES string of the molecule is CCN1CCCC(Nc2cc(OC)c(F)cc2N)C1. The molecule has 0 amide bonds. The van der Waals surface area contributed by atoms with Crippen molar-refractivity contribution in [3.63, 3.8) is 0 Å². The Morgan fingerprint density at radius 2 is 2.32 bits per heavy atom. The Labute approximate surface area is 113 Å². The van der Waals surface area contributed by atoms with E-state index < -0.39 is 5.82 Å². The van der Waals surface area contributed by atoms with E-state index in [1.54, 1.807) is 6.07 Å². The molecule has 5 heteroatoms. The number of rotatable bonds is 4. The fourth-order valence-corrected chi connectivity index (χ4v) is 2.53. The molecule has 0 aliphatic carbocycles. The summed E-state index contributed by atoms with van der Waals surface area (Å²) in [5.74, 6) is -0.204. The zero-order valence-corrected chi connectivity index (χ0v) is 11.6. The third-order valence-electron chi connectivity index (χ3n) is 3.64. The van der Waals surface area contributed by atoms with Crippen LogP contribution >= 0.6 is 0 Å². The third-order valence-corrected chi connectivity index (χ3v) is 3.64. The Bertz CT molecular complexity index is 439. The van der Waals surface area contributed by atoms with Crippen molar-refractivity contribution in [3.05, 3.63) is 17.9 Å². The van der Waals surface area contributed by atoms with Crippen LogP contribution < -0.4 is 15.8 Å². The number of methoxy groups -OCH3 is 1. The van der Waals surface area contributed by atoms with Gasteiger partial charge in [-0.05, 0) is 25.9 Å². The normalized spacial score (nSPS) is 20.3. The first-order chi connectivity index (χ1) is 9.13. The van der Waals surface area contributed by atoms with Crippen molar-refractivity contribution in [2.45, 2.75) is 25.8 Å². The summed E-state index contributed by atoms with van der Waals surface area (Å²) in [5.41, 5.74) is 7.03. The minimum absolute atomic E-state index is 0.222. The molecule has 1 atom stereocenters. The molecule has 0 aromatic heterocycles. The van der Waals surface area contributed by atoms with Crippen LogP contribution in [0.2, 0.25) is 0 Å². The van der Waals surface area contributed by atoms with E-state index in [-0.39, 0.29) is 5.75 Å². The van der Waals surface area contributed by atoms with Crippen LogP contribution in [0.25, 0.3) is 0 Å².